The Morgan fingerprint density at radius 1 is 1.12 bits per heavy atom. The minimum absolute atomic E-state index is 0.300. The van der Waals surface area contributed by atoms with Crippen LogP contribution in [-0.2, 0) is 4.79 Å². The van der Waals surface area contributed by atoms with Crippen LogP contribution in [-0.4, -0.2) is 28.9 Å². The Labute approximate surface area is 133 Å². The number of alkyl halides is 7. The lowest BCUT2D eigenvalue weighted by molar-refractivity contribution is -0.384. The van der Waals surface area contributed by atoms with Gasteiger partial charge in [0.1, 0.15) is 5.02 Å². The maximum atomic E-state index is 13.5. The highest BCUT2D eigenvalue weighted by atomic mass is 35.5. The predicted octanol–water partition coefficient (Wildman–Crippen LogP) is 4.33. The molecule has 1 aromatic rings. The third-order valence-electron chi connectivity index (χ3n) is 2.83. The van der Waals surface area contributed by atoms with Gasteiger partial charge in [0.25, 0.3) is 11.6 Å². The smallest absolute Gasteiger partial charge is 0.322 e. The Morgan fingerprint density at radius 2 is 1.58 bits per heavy atom. The van der Waals surface area contributed by atoms with Crippen LogP contribution in [0.5, 0.6) is 0 Å². The van der Waals surface area contributed by atoms with E-state index in [1.807, 2.05) is 0 Å². The summed E-state index contributed by atoms with van der Waals surface area (Å²) in [7, 11) is 0. The molecule has 0 aliphatic rings. The number of carbonyl (C=O) groups is 1. The predicted molar refractivity (Wildman–Crippen MR) is 67.4 cm³/mol. The Bertz CT molecular complexity index is 673. The lowest BCUT2D eigenvalue weighted by atomic mass is 10.0. The molecule has 0 aliphatic carbocycles. The average Bonchev–Trinajstić information content (AvgIpc) is 2.38. The third-order valence-corrected chi connectivity index (χ3v) is 3.14. The van der Waals surface area contributed by atoms with E-state index < -0.39 is 45.2 Å². The van der Waals surface area contributed by atoms with Gasteiger partial charge >= 0.3 is 18.0 Å². The number of hydrogen-bond donors (Lipinski definition) is 1. The van der Waals surface area contributed by atoms with Crippen LogP contribution in [0.15, 0.2) is 12.1 Å². The lowest BCUT2D eigenvalue weighted by Crippen LogP contribution is -2.61. The lowest BCUT2D eigenvalue weighted by Gasteiger charge is -2.28. The molecule has 0 atom stereocenters. The summed E-state index contributed by atoms with van der Waals surface area (Å²) < 4.78 is 88.1. The molecule has 1 N–H and O–H groups in total. The van der Waals surface area contributed by atoms with Gasteiger partial charge in [-0.25, -0.2) is 4.39 Å². The monoisotopic (exact) mass is 382 g/mol. The van der Waals surface area contributed by atoms with Crippen molar-refractivity contribution in [2.45, 2.75) is 24.9 Å². The van der Waals surface area contributed by atoms with Crippen LogP contribution in [0.2, 0.25) is 5.02 Å². The van der Waals surface area contributed by atoms with Gasteiger partial charge in [-0.3, -0.25) is 14.9 Å². The van der Waals surface area contributed by atoms with Crippen LogP contribution >= 0.6 is 11.6 Å². The molecule has 0 bridgehead atoms. The van der Waals surface area contributed by atoms with Crippen molar-refractivity contribution in [3.8, 4) is 0 Å². The summed E-state index contributed by atoms with van der Waals surface area (Å²) in [6.45, 7) is 1.03. The normalized spacial score (nSPS) is 12.9. The molecule has 5 nitrogen and oxygen atoms in total. The highest BCUT2D eigenvalue weighted by Crippen LogP contribution is 2.47. The Morgan fingerprint density at radius 3 is 1.96 bits per heavy atom. The topological polar surface area (TPSA) is 72.2 Å². The Balaban J connectivity index is 3.32. The summed E-state index contributed by atoms with van der Waals surface area (Å²) in [6.07, 6.45) is -13.2. The molecular formula is C11H6ClF7N2O3. The summed E-state index contributed by atoms with van der Waals surface area (Å²) in [5.41, 5.74) is -7.91. The van der Waals surface area contributed by atoms with E-state index in [1.54, 1.807) is 0 Å². The molecule has 0 spiro atoms. The number of anilines is 1. The molecule has 1 amide bonds. The number of nitrogens with one attached hydrogen (secondary N) is 1. The first kappa shape index (κ1) is 19.9. The van der Waals surface area contributed by atoms with Crippen molar-refractivity contribution in [2.24, 2.45) is 0 Å². The van der Waals surface area contributed by atoms with Crippen LogP contribution in [0, 0.1) is 17.0 Å². The molecule has 0 radical (unpaired) electrons. The number of nitrogens with zero attached hydrogens (tertiary/aromatic N) is 1. The van der Waals surface area contributed by atoms with Crippen molar-refractivity contribution in [3.05, 3.63) is 32.8 Å². The van der Waals surface area contributed by atoms with Gasteiger partial charge in [0.2, 0.25) is 0 Å². The van der Waals surface area contributed by atoms with Gasteiger partial charge in [-0.1, -0.05) is 11.6 Å². The van der Waals surface area contributed by atoms with Crippen LogP contribution in [0.1, 0.15) is 5.56 Å². The molecule has 1 rings (SSSR count). The van der Waals surface area contributed by atoms with Gasteiger partial charge in [-0.2, -0.15) is 26.3 Å². The van der Waals surface area contributed by atoms with E-state index in [9.17, 15) is 45.6 Å². The fourth-order valence-electron chi connectivity index (χ4n) is 1.57. The molecule has 13 heteroatoms. The van der Waals surface area contributed by atoms with E-state index >= 15 is 0 Å². The fourth-order valence-corrected chi connectivity index (χ4v) is 1.80. The first-order chi connectivity index (χ1) is 10.6. The number of halogens is 8. The third kappa shape index (κ3) is 3.37. The van der Waals surface area contributed by atoms with Crippen LogP contribution in [0.25, 0.3) is 0 Å². The van der Waals surface area contributed by atoms with E-state index in [4.69, 9.17) is 11.6 Å². The average molecular weight is 383 g/mol. The second-order valence-electron chi connectivity index (χ2n) is 4.48. The number of hydrogen-bond acceptors (Lipinski definition) is 3. The van der Waals surface area contributed by atoms with Crippen molar-refractivity contribution < 1.29 is 40.5 Å². The van der Waals surface area contributed by atoms with Gasteiger partial charge in [-0.15, -0.1) is 0 Å². The van der Waals surface area contributed by atoms with Gasteiger partial charge in [0.05, 0.1) is 4.92 Å². The fraction of sp³-hybridized carbons (Fsp3) is 0.364. The minimum Gasteiger partial charge on any atom is -0.322 e. The van der Waals surface area contributed by atoms with E-state index in [2.05, 4.69) is 0 Å². The summed E-state index contributed by atoms with van der Waals surface area (Å²) >= 11 is 5.44. The number of nitro groups is 1. The van der Waals surface area contributed by atoms with Gasteiger partial charge < -0.3 is 5.32 Å². The zero-order valence-electron chi connectivity index (χ0n) is 11.4. The highest BCUT2D eigenvalue weighted by Gasteiger charge is 2.77. The number of aryl methyl sites for hydroxylation is 1. The molecular weight excluding hydrogens is 377 g/mol. The summed E-state index contributed by atoms with van der Waals surface area (Å²) in [4.78, 5) is 20.9. The van der Waals surface area contributed by atoms with E-state index in [0.29, 0.717) is 12.1 Å². The molecule has 24 heavy (non-hydrogen) atoms. The second-order valence-corrected chi connectivity index (χ2v) is 4.89. The number of carbonyl (C=O) groups excluding carboxylic acids is 1. The summed E-state index contributed by atoms with van der Waals surface area (Å²) in [5, 5.41) is 11.0. The van der Waals surface area contributed by atoms with E-state index in [-0.39, 0.29) is 5.56 Å². The molecule has 1 aromatic carbocycles. The van der Waals surface area contributed by atoms with Gasteiger partial charge in [-0.05, 0) is 18.6 Å². The Hall–Kier alpha value is -2.11. The van der Waals surface area contributed by atoms with Crippen LogP contribution in [0.4, 0.5) is 42.1 Å². The quantitative estimate of drug-likeness (QED) is 0.480. The Kier molecular flexibility index (Phi) is 5.04. The maximum Gasteiger partial charge on any atom is 0.441 e. The van der Waals surface area contributed by atoms with Crippen molar-refractivity contribution >= 4 is 28.9 Å². The summed E-state index contributed by atoms with van der Waals surface area (Å²) in [5.74, 6) is -3.05. The van der Waals surface area contributed by atoms with Crippen molar-refractivity contribution in [1.82, 2.24) is 0 Å². The zero-order valence-corrected chi connectivity index (χ0v) is 12.1. The minimum atomic E-state index is -6.58. The first-order valence-electron chi connectivity index (χ1n) is 5.71. The summed E-state index contributed by atoms with van der Waals surface area (Å²) in [6, 6.07) is 1.24. The SMILES string of the molecule is Cc1cc([N+](=O)[O-])c(Cl)cc1NC(=O)C(F)(C(F)(F)F)C(F)(F)F. The highest BCUT2D eigenvalue weighted by molar-refractivity contribution is 6.33. The van der Waals surface area contributed by atoms with Crippen LogP contribution in [0.3, 0.4) is 0 Å². The zero-order chi connectivity index (χ0) is 19.1. The maximum absolute atomic E-state index is 13.5. The van der Waals surface area contributed by atoms with Gasteiger partial charge in [0.15, 0.2) is 0 Å². The number of amides is 1. The molecule has 0 aromatic heterocycles. The molecule has 134 valence electrons. The first-order valence-corrected chi connectivity index (χ1v) is 6.09. The molecule has 0 heterocycles. The van der Waals surface area contributed by atoms with Crippen molar-refractivity contribution in [2.75, 3.05) is 5.32 Å². The van der Waals surface area contributed by atoms with E-state index in [1.165, 1.54) is 0 Å². The van der Waals surface area contributed by atoms with Gasteiger partial charge in [0, 0.05) is 11.8 Å². The molecule has 0 unspecified atom stereocenters. The van der Waals surface area contributed by atoms with E-state index in [0.717, 1.165) is 12.2 Å². The molecule has 0 saturated heterocycles. The van der Waals surface area contributed by atoms with Crippen LogP contribution < -0.4 is 5.32 Å². The molecule has 0 fully saturated rings. The standard InChI is InChI=1S/C11H6ClF7N2O3/c1-4-2-7(21(23)24)5(12)3-6(4)20-8(22)9(13,10(14,15)16)11(17,18)19/h2-3H,1H3,(H,20,22). The largest absolute Gasteiger partial charge is 0.441 e. The second kappa shape index (κ2) is 6.07. The number of rotatable bonds is 3. The van der Waals surface area contributed by atoms with Crippen molar-refractivity contribution in [1.29, 1.82) is 0 Å². The number of benzene rings is 1. The van der Waals surface area contributed by atoms with Crippen molar-refractivity contribution in [3.63, 3.8) is 0 Å². The molecule has 0 aliphatic heterocycles. The molecule has 0 saturated carbocycles. The number of nitro benzene ring substituents is 1.